The SMILES string of the molecule is Cc1cnc(F)cc1N=C/C(CO)=C(\N)c1ccccc1Cl. The van der Waals surface area contributed by atoms with Gasteiger partial charge in [-0.15, -0.1) is 0 Å². The van der Waals surface area contributed by atoms with E-state index >= 15 is 0 Å². The molecule has 114 valence electrons. The third-order valence-corrected chi connectivity index (χ3v) is 3.41. The number of pyridine rings is 1. The molecule has 0 bridgehead atoms. The molecule has 0 aliphatic carbocycles. The standard InChI is InChI=1S/C16H15ClFN3O/c1-10-7-21-15(18)6-14(10)20-8-11(9-22)16(19)12-4-2-3-5-13(12)17/h2-8,22H,9,19H2,1H3/b16-11+,20-8?. The predicted octanol–water partition coefficient (Wildman–Crippen LogP) is 3.25. The van der Waals surface area contributed by atoms with E-state index in [1.807, 2.05) is 0 Å². The maximum absolute atomic E-state index is 13.1. The molecule has 4 nitrogen and oxygen atoms in total. The molecule has 1 aromatic heterocycles. The summed E-state index contributed by atoms with van der Waals surface area (Å²) in [5.74, 6) is -0.619. The fourth-order valence-corrected chi connectivity index (χ4v) is 2.06. The van der Waals surface area contributed by atoms with Crippen LogP contribution in [0.2, 0.25) is 5.02 Å². The Morgan fingerprint density at radius 2 is 2.18 bits per heavy atom. The quantitative estimate of drug-likeness (QED) is 0.671. The summed E-state index contributed by atoms with van der Waals surface area (Å²) in [7, 11) is 0. The molecule has 0 saturated heterocycles. The van der Waals surface area contributed by atoms with Crippen molar-refractivity contribution in [3.8, 4) is 0 Å². The molecule has 1 heterocycles. The molecular weight excluding hydrogens is 305 g/mol. The highest BCUT2D eigenvalue weighted by atomic mass is 35.5. The van der Waals surface area contributed by atoms with Gasteiger partial charge in [0.1, 0.15) is 0 Å². The molecule has 1 aromatic carbocycles. The van der Waals surface area contributed by atoms with Crippen LogP contribution in [0.5, 0.6) is 0 Å². The number of aryl methyl sites for hydroxylation is 1. The topological polar surface area (TPSA) is 71.5 Å². The molecule has 0 spiro atoms. The molecule has 0 aliphatic heterocycles. The molecule has 0 radical (unpaired) electrons. The van der Waals surface area contributed by atoms with E-state index in [4.69, 9.17) is 17.3 Å². The second-order valence-corrected chi connectivity index (χ2v) is 5.04. The molecule has 2 aromatic rings. The first-order valence-corrected chi connectivity index (χ1v) is 6.91. The van der Waals surface area contributed by atoms with Crippen molar-refractivity contribution >= 4 is 29.2 Å². The van der Waals surface area contributed by atoms with Crippen LogP contribution in [-0.2, 0) is 0 Å². The summed E-state index contributed by atoms with van der Waals surface area (Å²) in [6.07, 6.45) is 2.79. The Morgan fingerprint density at radius 3 is 2.86 bits per heavy atom. The van der Waals surface area contributed by atoms with Crippen LogP contribution in [0.25, 0.3) is 5.70 Å². The van der Waals surface area contributed by atoms with Crippen molar-refractivity contribution in [1.82, 2.24) is 4.98 Å². The monoisotopic (exact) mass is 319 g/mol. The lowest BCUT2D eigenvalue weighted by Crippen LogP contribution is -2.06. The van der Waals surface area contributed by atoms with Crippen molar-refractivity contribution in [1.29, 1.82) is 0 Å². The first-order chi connectivity index (χ1) is 10.5. The Balaban J connectivity index is 2.40. The molecular formula is C16H15ClFN3O. The van der Waals surface area contributed by atoms with E-state index in [9.17, 15) is 9.50 Å². The number of benzene rings is 1. The van der Waals surface area contributed by atoms with Gasteiger partial charge in [-0.05, 0) is 18.6 Å². The molecule has 0 atom stereocenters. The first-order valence-electron chi connectivity index (χ1n) is 6.53. The molecule has 0 fully saturated rings. The average molecular weight is 320 g/mol. The molecule has 3 N–H and O–H groups in total. The van der Waals surface area contributed by atoms with Gasteiger partial charge in [0.15, 0.2) is 0 Å². The van der Waals surface area contributed by atoms with Gasteiger partial charge in [-0.1, -0.05) is 29.8 Å². The van der Waals surface area contributed by atoms with Crippen LogP contribution in [0.4, 0.5) is 10.1 Å². The van der Waals surface area contributed by atoms with E-state index in [-0.39, 0.29) is 6.61 Å². The van der Waals surface area contributed by atoms with Crippen LogP contribution >= 0.6 is 11.6 Å². The largest absolute Gasteiger partial charge is 0.398 e. The number of nitrogens with zero attached hydrogens (tertiary/aromatic N) is 2. The minimum absolute atomic E-state index is 0.312. The van der Waals surface area contributed by atoms with Crippen LogP contribution in [0.1, 0.15) is 11.1 Å². The number of nitrogens with two attached hydrogens (primary N) is 1. The molecule has 6 heteroatoms. The van der Waals surface area contributed by atoms with Gasteiger partial charge >= 0.3 is 0 Å². The highest BCUT2D eigenvalue weighted by molar-refractivity contribution is 6.32. The predicted molar refractivity (Wildman–Crippen MR) is 86.7 cm³/mol. The van der Waals surface area contributed by atoms with Gasteiger partial charge in [0.05, 0.1) is 12.3 Å². The lowest BCUT2D eigenvalue weighted by Gasteiger charge is -2.08. The number of aliphatic hydroxyl groups is 1. The average Bonchev–Trinajstić information content (AvgIpc) is 2.51. The Bertz CT molecular complexity index is 744. The Morgan fingerprint density at radius 1 is 1.45 bits per heavy atom. The smallest absolute Gasteiger partial charge is 0.214 e. The zero-order valence-corrected chi connectivity index (χ0v) is 12.7. The Kier molecular flexibility index (Phi) is 5.25. The van der Waals surface area contributed by atoms with E-state index in [0.717, 1.165) is 0 Å². The van der Waals surface area contributed by atoms with Gasteiger partial charge in [0, 0.05) is 40.3 Å². The van der Waals surface area contributed by atoms with Gasteiger partial charge in [-0.25, -0.2) is 4.98 Å². The molecule has 0 amide bonds. The number of hydrogen-bond donors (Lipinski definition) is 2. The second-order valence-electron chi connectivity index (χ2n) is 4.63. The molecule has 0 saturated carbocycles. The van der Waals surface area contributed by atoms with E-state index in [1.54, 1.807) is 31.2 Å². The molecule has 0 unspecified atom stereocenters. The summed E-state index contributed by atoms with van der Waals surface area (Å²) in [6.45, 7) is 1.45. The fourth-order valence-electron chi connectivity index (χ4n) is 1.82. The molecule has 0 aliphatic rings. The maximum atomic E-state index is 13.1. The van der Waals surface area contributed by atoms with Gasteiger partial charge in [-0.2, -0.15) is 4.39 Å². The Hall–Kier alpha value is -2.24. The van der Waals surface area contributed by atoms with Crippen molar-refractivity contribution in [2.45, 2.75) is 6.92 Å². The number of hydrogen-bond acceptors (Lipinski definition) is 4. The molecule has 2 rings (SSSR count). The van der Waals surface area contributed by atoms with Gasteiger partial charge in [0.25, 0.3) is 0 Å². The number of aromatic nitrogens is 1. The van der Waals surface area contributed by atoms with E-state index in [2.05, 4.69) is 9.98 Å². The van der Waals surface area contributed by atoms with Crippen LogP contribution in [-0.4, -0.2) is 22.9 Å². The third-order valence-electron chi connectivity index (χ3n) is 3.08. The van der Waals surface area contributed by atoms with Crippen LogP contribution < -0.4 is 5.73 Å². The van der Waals surface area contributed by atoms with Crippen molar-refractivity contribution in [2.24, 2.45) is 10.7 Å². The summed E-state index contributed by atoms with van der Waals surface area (Å²) >= 11 is 6.09. The number of aliphatic hydroxyl groups excluding tert-OH is 1. The molecule has 22 heavy (non-hydrogen) atoms. The normalized spacial score (nSPS) is 12.5. The van der Waals surface area contributed by atoms with Crippen molar-refractivity contribution in [2.75, 3.05) is 6.61 Å². The van der Waals surface area contributed by atoms with Crippen LogP contribution in [0.15, 0.2) is 47.1 Å². The number of aliphatic imine (C=N–C) groups is 1. The zero-order valence-electron chi connectivity index (χ0n) is 11.9. The maximum Gasteiger partial charge on any atom is 0.214 e. The van der Waals surface area contributed by atoms with Gasteiger partial charge in [-0.3, -0.25) is 4.99 Å². The van der Waals surface area contributed by atoms with Gasteiger partial charge < -0.3 is 10.8 Å². The Labute approximate surface area is 132 Å². The van der Waals surface area contributed by atoms with E-state index in [1.165, 1.54) is 18.5 Å². The lowest BCUT2D eigenvalue weighted by atomic mass is 10.1. The van der Waals surface area contributed by atoms with Crippen molar-refractivity contribution in [3.05, 3.63) is 64.2 Å². The second kappa shape index (κ2) is 7.15. The van der Waals surface area contributed by atoms with Crippen LogP contribution in [0.3, 0.4) is 0 Å². The summed E-state index contributed by atoms with van der Waals surface area (Å²) in [4.78, 5) is 7.70. The highest BCUT2D eigenvalue weighted by Gasteiger charge is 2.07. The van der Waals surface area contributed by atoms with Crippen LogP contribution in [0, 0.1) is 12.9 Å². The van der Waals surface area contributed by atoms with Crippen molar-refractivity contribution < 1.29 is 9.50 Å². The highest BCUT2D eigenvalue weighted by Crippen LogP contribution is 2.23. The fraction of sp³-hybridized carbons (Fsp3) is 0.125. The summed E-state index contributed by atoms with van der Waals surface area (Å²) < 4.78 is 13.1. The number of halogens is 2. The summed E-state index contributed by atoms with van der Waals surface area (Å²) in [5, 5.41) is 9.97. The van der Waals surface area contributed by atoms with Gasteiger partial charge in [0.2, 0.25) is 5.95 Å². The van der Waals surface area contributed by atoms with E-state index < -0.39 is 5.95 Å². The number of rotatable bonds is 4. The van der Waals surface area contributed by atoms with Crippen molar-refractivity contribution in [3.63, 3.8) is 0 Å². The first kappa shape index (κ1) is 16.1. The minimum atomic E-state index is -0.619. The minimum Gasteiger partial charge on any atom is -0.398 e. The van der Waals surface area contributed by atoms with E-state index in [0.29, 0.717) is 33.1 Å². The third kappa shape index (κ3) is 3.69. The summed E-state index contributed by atoms with van der Waals surface area (Å²) in [6, 6.07) is 8.25. The summed E-state index contributed by atoms with van der Waals surface area (Å²) in [5.41, 5.74) is 8.50. The zero-order chi connectivity index (χ0) is 16.1. The lowest BCUT2D eigenvalue weighted by molar-refractivity contribution is 0.338.